The van der Waals surface area contributed by atoms with Crippen LogP contribution in [0, 0.1) is 5.92 Å². The summed E-state index contributed by atoms with van der Waals surface area (Å²) in [6.45, 7) is 5.25. The van der Waals surface area contributed by atoms with E-state index in [2.05, 4.69) is 20.8 Å². The first-order valence-corrected chi connectivity index (χ1v) is 7.92. The van der Waals surface area contributed by atoms with Crippen molar-refractivity contribution in [3.8, 4) is 11.4 Å². The average Bonchev–Trinajstić information content (AvgIpc) is 3.06. The van der Waals surface area contributed by atoms with Gasteiger partial charge in [0.2, 0.25) is 5.91 Å². The Morgan fingerprint density at radius 1 is 1.39 bits per heavy atom. The molecular formula is C16H21N5O2. The predicted molar refractivity (Wildman–Crippen MR) is 85.8 cm³/mol. The Balaban J connectivity index is 1.86. The summed E-state index contributed by atoms with van der Waals surface area (Å²) < 4.78 is 7.14. The lowest BCUT2D eigenvalue weighted by molar-refractivity contribution is -0.123. The maximum Gasteiger partial charge on any atom is 0.229 e. The number of aromatic nitrogens is 4. The molecule has 2 aromatic rings. The number of anilines is 1. The van der Waals surface area contributed by atoms with Gasteiger partial charge in [-0.05, 0) is 49.2 Å². The fraction of sp³-hybridized carbons (Fsp3) is 0.500. The van der Waals surface area contributed by atoms with Crippen molar-refractivity contribution in [2.45, 2.75) is 32.7 Å². The molecule has 7 nitrogen and oxygen atoms in total. The van der Waals surface area contributed by atoms with E-state index in [0.717, 1.165) is 30.7 Å². The molecule has 122 valence electrons. The van der Waals surface area contributed by atoms with Gasteiger partial charge >= 0.3 is 0 Å². The molecule has 1 fully saturated rings. The van der Waals surface area contributed by atoms with E-state index in [-0.39, 0.29) is 17.9 Å². The zero-order chi connectivity index (χ0) is 16.2. The van der Waals surface area contributed by atoms with Crippen molar-refractivity contribution in [2.75, 3.05) is 18.5 Å². The Morgan fingerprint density at radius 2 is 2.22 bits per heavy atom. The lowest BCUT2D eigenvalue weighted by atomic mass is 10.0. The molecule has 7 heteroatoms. The summed E-state index contributed by atoms with van der Waals surface area (Å²) in [5.74, 6) is 0.536. The molecule has 1 aliphatic heterocycles. The maximum absolute atomic E-state index is 12.5. The Labute approximate surface area is 135 Å². The summed E-state index contributed by atoms with van der Waals surface area (Å²) >= 11 is 0. The number of nitrogens with one attached hydrogen (secondary N) is 1. The highest BCUT2D eigenvalue weighted by molar-refractivity contribution is 5.96. The number of carbonyl (C=O) groups is 1. The van der Waals surface area contributed by atoms with Crippen LogP contribution in [0.4, 0.5) is 5.69 Å². The highest BCUT2D eigenvalue weighted by atomic mass is 16.5. The van der Waals surface area contributed by atoms with Gasteiger partial charge in [0.15, 0.2) is 5.82 Å². The van der Waals surface area contributed by atoms with Crippen molar-refractivity contribution in [3.05, 3.63) is 24.3 Å². The second-order valence-corrected chi connectivity index (χ2v) is 5.99. The van der Waals surface area contributed by atoms with Crippen LogP contribution in [0.3, 0.4) is 0 Å². The predicted octanol–water partition coefficient (Wildman–Crippen LogP) is 2.29. The Hall–Kier alpha value is -2.28. The van der Waals surface area contributed by atoms with Gasteiger partial charge in [0.1, 0.15) is 0 Å². The molecule has 0 bridgehead atoms. The number of para-hydroxylation sites is 1. The van der Waals surface area contributed by atoms with Crippen molar-refractivity contribution in [1.29, 1.82) is 0 Å². The molecule has 0 spiro atoms. The molecule has 2 heterocycles. The van der Waals surface area contributed by atoms with Crippen LogP contribution in [-0.2, 0) is 9.53 Å². The zero-order valence-electron chi connectivity index (χ0n) is 13.4. The largest absolute Gasteiger partial charge is 0.381 e. The lowest BCUT2D eigenvalue weighted by Crippen LogP contribution is -2.30. The molecule has 1 saturated heterocycles. The molecule has 23 heavy (non-hydrogen) atoms. The molecule has 0 unspecified atom stereocenters. The SMILES string of the molecule is CC(C)n1nnnc1-c1ccccc1NC(=O)[C@@H]1CCCOC1. The van der Waals surface area contributed by atoms with Crippen molar-refractivity contribution in [3.63, 3.8) is 0 Å². The number of carbonyl (C=O) groups excluding carboxylic acids is 1. The van der Waals surface area contributed by atoms with Gasteiger partial charge in [0, 0.05) is 12.2 Å². The monoisotopic (exact) mass is 315 g/mol. The number of hydrogen-bond acceptors (Lipinski definition) is 5. The third-order valence-electron chi connectivity index (χ3n) is 3.94. The summed E-state index contributed by atoms with van der Waals surface area (Å²) in [5.41, 5.74) is 1.54. The number of rotatable bonds is 4. The molecule has 0 radical (unpaired) electrons. The van der Waals surface area contributed by atoms with Crippen LogP contribution in [0.2, 0.25) is 0 Å². The van der Waals surface area contributed by atoms with E-state index in [9.17, 15) is 4.79 Å². The summed E-state index contributed by atoms with van der Waals surface area (Å²) in [6.07, 6.45) is 1.78. The number of nitrogens with zero attached hydrogens (tertiary/aromatic N) is 4. The number of hydrogen-bond donors (Lipinski definition) is 1. The fourth-order valence-electron chi connectivity index (χ4n) is 2.69. The minimum atomic E-state index is -0.0992. The van der Waals surface area contributed by atoms with Gasteiger partial charge in [-0.3, -0.25) is 4.79 Å². The highest BCUT2D eigenvalue weighted by Crippen LogP contribution is 2.28. The molecule has 1 aromatic heterocycles. The third kappa shape index (κ3) is 3.39. The fourth-order valence-corrected chi connectivity index (χ4v) is 2.69. The van der Waals surface area contributed by atoms with E-state index >= 15 is 0 Å². The molecule has 1 N–H and O–H groups in total. The van der Waals surface area contributed by atoms with E-state index in [0.29, 0.717) is 12.4 Å². The first-order valence-electron chi connectivity index (χ1n) is 7.92. The van der Waals surface area contributed by atoms with Gasteiger partial charge < -0.3 is 10.1 Å². The second kappa shape index (κ2) is 6.87. The molecule has 0 saturated carbocycles. The molecule has 0 aliphatic carbocycles. The Bertz CT molecular complexity index is 677. The molecule has 1 aromatic carbocycles. The van der Waals surface area contributed by atoms with Crippen LogP contribution in [0.5, 0.6) is 0 Å². The zero-order valence-corrected chi connectivity index (χ0v) is 13.4. The average molecular weight is 315 g/mol. The first-order chi connectivity index (χ1) is 11.2. The number of ether oxygens (including phenoxy) is 1. The highest BCUT2D eigenvalue weighted by Gasteiger charge is 2.23. The van der Waals surface area contributed by atoms with Gasteiger partial charge in [0.25, 0.3) is 0 Å². The van der Waals surface area contributed by atoms with E-state index in [1.165, 1.54) is 0 Å². The van der Waals surface area contributed by atoms with Crippen LogP contribution in [-0.4, -0.2) is 39.3 Å². The minimum absolute atomic E-state index is 0.0132. The van der Waals surface area contributed by atoms with Crippen LogP contribution in [0.15, 0.2) is 24.3 Å². The summed E-state index contributed by atoms with van der Waals surface area (Å²) in [6, 6.07) is 7.72. The van der Waals surface area contributed by atoms with E-state index in [4.69, 9.17) is 4.74 Å². The standard InChI is InChI=1S/C16H21N5O2/c1-11(2)21-15(18-19-20-21)13-7-3-4-8-14(13)17-16(22)12-6-5-9-23-10-12/h3-4,7-8,11-12H,5-6,9-10H2,1-2H3,(H,17,22)/t12-/m1/s1. The summed E-state index contributed by atoms with van der Waals surface area (Å²) in [5, 5.41) is 14.9. The maximum atomic E-state index is 12.5. The molecule has 3 rings (SSSR count). The van der Waals surface area contributed by atoms with E-state index < -0.39 is 0 Å². The number of amides is 1. The molecule has 1 amide bonds. The van der Waals surface area contributed by atoms with Crippen molar-refractivity contribution in [2.24, 2.45) is 5.92 Å². The minimum Gasteiger partial charge on any atom is -0.381 e. The van der Waals surface area contributed by atoms with Gasteiger partial charge in [-0.2, -0.15) is 0 Å². The lowest BCUT2D eigenvalue weighted by Gasteiger charge is -2.22. The smallest absolute Gasteiger partial charge is 0.229 e. The van der Waals surface area contributed by atoms with Gasteiger partial charge in [-0.15, -0.1) is 5.10 Å². The quantitative estimate of drug-likeness (QED) is 0.936. The molecule has 1 aliphatic rings. The van der Waals surface area contributed by atoms with E-state index in [1.54, 1.807) is 4.68 Å². The Kier molecular flexibility index (Phi) is 4.66. The third-order valence-corrected chi connectivity index (χ3v) is 3.94. The normalized spacial score (nSPS) is 18.1. The molecular weight excluding hydrogens is 294 g/mol. The van der Waals surface area contributed by atoms with E-state index in [1.807, 2.05) is 38.1 Å². The summed E-state index contributed by atoms with van der Waals surface area (Å²) in [4.78, 5) is 12.5. The second-order valence-electron chi connectivity index (χ2n) is 5.99. The topological polar surface area (TPSA) is 81.9 Å². The van der Waals surface area contributed by atoms with Gasteiger partial charge in [0.05, 0.1) is 24.3 Å². The van der Waals surface area contributed by atoms with Crippen LogP contribution in [0.1, 0.15) is 32.7 Å². The summed E-state index contributed by atoms with van der Waals surface area (Å²) in [7, 11) is 0. The van der Waals surface area contributed by atoms with Gasteiger partial charge in [-0.25, -0.2) is 4.68 Å². The molecule has 1 atom stereocenters. The Morgan fingerprint density at radius 3 is 2.96 bits per heavy atom. The first kappa shape index (κ1) is 15.6. The van der Waals surface area contributed by atoms with Crippen molar-refractivity contribution in [1.82, 2.24) is 20.2 Å². The van der Waals surface area contributed by atoms with Crippen LogP contribution in [0.25, 0.3) is 11.4 Å². The van der Waals surface area contributed by atoms with Crippen molar-refractivity contribution >= 4 is 11.6 Å². The van der Waals surface area contributed by atoms with Gasteiger partial charge in [-0.1, -0.05) is 12.1 Å². The number of benzene rings is 1. The van der Waals surface area contributed by atoms with Crippen LogP contribution >= 0.6 is 0 Å². The van der Waals surface area contributed by atoms with Crippen molar-refractivity contribution < 1.29 is 9.53 Å². The number of tetrazole rings is 1. The van der Waals surface area contributed by atoms with Crippen LogP contribution < -0.4 is 5.32 Å².